The number of likely N-dealkylation sites (tertiary alicyclic amines) is 1. The Balaban J connectivity index is 1.67. The second-order valence-corrected chi connectivity index (χ2v) is 11.0. The lowest BCUT2D eigenvalue weighted by molar-refractivity contribution is -0.160. The number of hydrogen-bond donors (Lipinski definition) is 1. The van der Waals surface area contributed by atoms with Crippen LogP contribution in [0.15, 0.2) is 42.5 Å². The third-order valence-corrected chi connectivity index (χ3v) is 8.70. The molecular formula is C29H35ClN2O6. The summed E-state index contributed by atoms with van der Waals surface area (Å²) in [6, 6.07) is 4.43. The van der Waals surface area contributed by atoms with Crippen molar-refractivity contribution in [1.82, 2.24) is 4.90 Å². The number of carbonyl (C=O) groups is 3. The lowest BCUT2D eigenvalue weighted by Gasteiger charge is -2.38. The SMILES string of the molecule is CC[C@@]12/C=C\CCCCOC(=O)[C@@H]1[C@H]1C(=O)N(CCCO)C3C(=O)N(c4c(C)cccc4Cl)CC=C[C@@]31O2. The van der Waals surface area contributed by atoms with E-state index < -0.39 is 35.0 Å². The molecule has 0 saturated carbocycles. The largest absolute Gasteiger partial charge is 0.465 e. The average molecular weight is 543 g/mol. The van der Waals surface area contributed by atoms with E-state index in [9.17, 15) is 19.5 Å². The van der Waals surface area contributed by atoms with Crippen molar-refractivity contribution in [2.45, 2.75) is 63.2 Å². The molecule has 9 heteroatoms. The topological polar surface area (TPSA) is 96.4 Å². The fourth-order valence-electron chi connectivity index (χ4n) is 6.68. The van der Waals surface area contributed by atoms with Crippen LogP contribution >= 0.6 is 11.6 Å². The second kappa shape index (κ2) is 10.5. The maximum absolute atomic E-state index is 14.5. The summed E-state index contributed by atoms with van der Waals surface area (Å²) in [5.41, 5.74) is -1.04. The first-order chi connectivity index (χ1) is 18.3. The van der Waals surface area contributed by atoms with E-state index in [4.69, 9.17) is 21.1 Å². The molecule has 0 radical (unpaired) electrons. The summed E-state index contributed by atoms with van der Waals surface area (Å²) in [6.07, 6.45) is 10.7. The number of esters is 1. The summed E-state index contributed by atoms with van der Waals surface area (Å²) in [5, 5.41) is 10.0. The van der Waals surface area contributed by atoms with Gasteiger partial charge in [-0.1, -0.05) is 55.0 Å². The molecule has 1 aromatic carbocycles. The van der Waals surface area contributed by atoms with Crippen molar-refractivity contribution >= 4 is 35.1 Å². The maximum atomic E-state index is 14.5. The number of ether oxygens (including phenoxy) is 2. The molecule has 1 spiro atoms. The number of rotatable bonds is 5. The molecule has 2 amide bonds. The van der Waals surface area contributed by atoms with Crippen molar-refractivity contribution in [2.24, 2.45) is 11.8 Å². The van der Waals surface area contributed by atoms with E-state index in [0.29, 0.717) is 23.6 Å². The smallest absolute Gasteiger partial charge is 0.313 e. The van der Waals surface area contributed by atoms with Crippen LogP contribution in [0.2, 0.25) is 5.02 Å². The van der Waals surface area contributed by atoms with Gasteiger partial charge in [-0.2, -0.15) is 0 Å². The number of anilines is 1. The zero-order valence-corrected chi connectivity index (χ0v) is 22.7. The van der Waals surface area contributed by atoms with Crippen molar-refractivity contribution in [3.05, 3.63) is 53.1 Å². The van der Waals surface area contributed by atoms with Crippen molar-refractivity contribution in [3.63, 3.8) is 0 Å². The summed E-state index contributed by atoms with van der Waals surface area (Å²) in [6.45, 7) is 4.36. The zero-order chi connectivity index (χ0) is 27.1. The van der Waals surface area contributed by atoms with Crippen LogP contribution < -0.4 is 4.90 Å². The Morgan fingerprint density at radius 3 is 2.66 bits per heavy atom. The number of aliphatic hydroxyl groups excluding tert-OH is 1. The van der Waals surface area contributed by atoms with Crippen LogP contribution in [-0.4, -0.2) is 71.3 Å². The summed E-state index contributed by atoms with van der Waals surface area (Å²) in [5.74, 6) is -2.97. The standard InChI is InChI=1S/C29H35ClN2O6/c1-3-28-13-6-4-5-7-18-37-27(36)22(28)21-25(34)32(16-10-17-33)24-26(35)31(15-9-14-29(21,24)38-28)23-19(2)11-8-12-20(23)30/h6,8-9,11-14,21-22,24,33H,3-5,7,10,15-18H2,1-2H3/b13-6-/t21-,22-,24?,28+,29-/m0/s1. The van der Waals surface area contributed by atoms with E-state index >= 15 is 0 Å². The van der Waals surface area contributed by atoms with Gasteiger partial charge in [0.05, 0.1) is 23.2 Å². The molecule has 1 unspecified atom stereocenters. The van der Waals surface area contributed by atoms with Gasteiger partial charge in [0.1, 0.15) is 23.2 Å². The van der Waals surface area contributed by atoms with E-state index in [0.717, 1.165) is 24.8 Å². The number of nitrogens with zero attached hydrogens (tertiary/aromatic N) is 2. The molecular weight excluding hydrogens is 508 g/mol. The van der Waals surface area contributed by atoms with Gasteiger partial charge in [-0.15, -0.1) is 0 Å². The van der Waals surface area contributed by atoms with Crippen molar-refractivity contribution < 1.29 is 29.0 Å². The van der Waals surface area contributed by atoms with E-state index in [-0.39, 0.29) is 38.1 Å². The fourth-order valence-corrected chi connectivity index (χ4v) is 7.01. The third-order valence-electron chi connectivity index (χ3n) is 8.40. The summed E-state index contributed by atoms with van der Waals surface area (Å²) < 4.78 is 12.6. The van der Waals surface area contributed by atoms with Gasteiger partial charge in [0.15, 0.2) is 0 Å². The third kappa shape index (κ3) is 4.08. The number of aliphatic hydroxyl groups is 1. The number of allylic oxidation sites excluding steroid dienone is 1. The first-order valence-electron chi connectivity index (χ1n) is 13.5. The molecule has 8 nitrogen and oxygen atoms in total. The highest BCUT2D eigenvalue weighted by atomic mass is 35.5. The molecule has 1 N–H and O–H groups in total. The fraction of sp³-hybridized carbons (Fsp3) is 0.552. The number of benzene rings is 1. The molecule has 0 aromatic heterocycles. The Hall–Kier alpha value is -2.68. The van der Waals surface area contributed by atoms with E-state index in [1.54, 1.807) is 11.0 Å². The molecule has 5 rings (SSSR count). The van der Waals surface area contributed by atoms with Gasteiger partial charge in [-0.05, 0) is 50.7 Å². The van der Waals surface area contributed by atoms with Gasteiger partial charge in [-0.25, -0.2) is 0 Å². The number of cyclic esters (lactones) is 1. The lowest BCUT2D eigenvalue weighted by Crippen LogP contribution is -2.56. The molecule has 0 aliphatic carbocycles. The quantitative estimate of drug-likeness (QED) is 0.451. The number of fused-ring (bicyclic) bond motifs is 2. The minimum Gasteiger partial charge on any atom is -0.465 e. The van der Waals surface area contributed by atoms with Crippen molar-refractivity contribution in [2.75, 3.05) is 31.2 Å². The summed E-state index contributed by atoms with van der Waals surface area (Å²) >= 11 is 6.58. The molecule has 4 aliphatic heterocycles. The van der Waals surface area contributed by atoms with Gasteiger partial charge in [0.25, 0.3) is 5.91 Å². The van der Waals surface area contributed by atoms with Crippen LogP contribution in [0.5, 0.6) is 0 Å². The number of halogens is 1. The summed E-state index contributed by atoms with van der Waals surface area (Å²) in [7, 11) is 0. The molecule has 2 saturated heterocycles. The van der Waals surface area contributed by atoms with Crippen molar-refractivity contribution in [3.8, 4) is 0 Å². The van der Waals surface area contributed by atoms with Crippen LogP contribution in [-0.2, 0) is 23.9 Å². The molecule has 1 aromatic rings. The molecule has 38 heavy (non-hydrogen) atoms. The maximum Gasteiger partial charge on any atom is 0.313 e. The second-order valence-electron chi connectivity index (χ2n) is 10.6. The number of amides is 2. The Kier molecular flexibility index (Phi) is 7.42. The highest BCUT2D eigenvalue weighted by Crippen LogP contribution is 2.58. The van der Waals surface area contributed by atoms with Crippen LogP contribution in [0.3, 0.4) is 0 Å². The highest BCUT2D eigenvalue weighted by molar-refractivity contribution is 6.34. The van der Waals surface area contributed by atoms with Gasteiger partial charge in [0, 0.05) is 19.7 Å². The summed E-state index contributed by atoms with van der Waals surface area (Å²) in [4.78, 5) is 45.4. The first-order valence-corrected chi connectivity index (χ1v) is 13.9. The molecule has 4 aliphatic rings. The molecule has 204 valence electrons. The van der Waals surface area contributed by atoms with Crippen LogP contribution in [0.25, 0.3) is 0 Å². The van der Waals surface area contributed by atoms with E-state index in [1.807, 2.05) is 50.3 Å². The minimum absolute atomic E-state index is 0.139. The average Bonchev–Trinajstić information content (AvgIpc) is 3.25. The first kappa shape index (κ1) is 26.9. The highest BCUT2D eigenvalue weighted by Gasteiger charge is 2.75. The number of carbonyl (C=O) groups excluding carboxylic acids is 3. The minimum atomic E-state index is -1.37. The van der Waals surface area contributed by atoms with E-state index in [2.05, 4.69) is 0 Å². The Morgan fingerprint density at radius 1 is 1.11 bits per heavy atom. The normalized spacial score (nSPS) is 33.9. The van der Waals surface area contributed by atoms with Crippen LogP contribution in [0.4, 0.5) is 5.69 Å². The number of aryl methyl sites for hydroxylation is 1. The molecule has 4 heterocycles. The van der Waals surface area contributed by atoms with Gasteiger partial charge in [-0.3, -0.25) is 14.4 Å². The van der Waals surface area contributed by atoms with Crippen LogP contribution in [0.1, 0.15) is 44.6 Å². The predicted molar refractivity (Wildman–Crippen MR) is 143 cm³/mol. The van der Waals surface area contributed by atoms with Crippen molar-refractivity contribution in [1.29, 1.82) is 0 Å². The Labute approximate surface area is 228 Å². The monoisotopic (exact) mass is 542 g/mol. The Morgan fingerprint density at radius 2 is 1.92 bits per heavy atom. The number of hydrogen-bond acceptors (Lipinski definition) is 6. The molecule has 5 atom stereocenters. The number of para-hydroxylation sites is 1. The van der Waals surface area contributed by atoms with Gasteiger partial charge < -0.3 is 24.4 Å². The van der Waals surface area contributed by atoms with Gasteiger partial charge >= 0.3 is 5.97 Å². The van der Waals surface area contributed by atoms with Gasteiger partial charge in [0.2, 0.25) is 5.91 Å². The zero-order valence-electron chi connectivity index (χ0n) is 21.9. The van der Waals surface area contributed by atoms with E-state index in [1.165, 1.54) is 4.90 Å². The molecule has 2 fully saturated rings. The van der Waals surface area contributed by atoms with Crippen LogP contribution in [0, 0.1) is 18.8 Å². The molecule has 0 bridgehead atoms. The predicted octanol–water partition coefficient (Wildman–Crippen LogP) is 3.58. The Bertz CT molecular complexity index is 1160. The lowest BCUT2D eigenvalue weighted by atomic mass is 9.73.